The molecule has 0 amide bonds. The van der Waals surface area contributed by atoms with Crippen LogP contribution in [-0.2, 0) is 20.3 Å². The smallest absolute Gasteiger partial charge is 0.386 e. The predicted molar refractivity (Wildman–Crippen MR) is 128 cm³/mol. The molecule has 1 aliphatic carbocycles. The summed E-state index contributed by atoms with van der Waals surface area (Å²) in [7, 11) is 1.10. The molecule has 0 unspecified atom stereocenters. The van der Waals surface area contributed by atoms with Crippen LogP contribution in [0.1, 0.15) is 37.7 Å². The number of alkyl halides is 3. The van der Waals surface area contributed by atoms with Crippen molar-refractivity contribution in [2.75, 3.05) is 27.0 Å². The number of allylic oxidation sites excluding steroid dienone is 2. The summed E-state index contributed by atoms with van der Waals surface area (Å²) in [5.74, 6) is -6.72. The molecule has 4 nitrogen and oxygen atoms in total. The van der Waals surface area contributed by atoms with E-state index in [1.54, 1.807) is 0 Å². The molecule has 2 aromatic rings. The maximum Gasteiger partial charge on any atom is 0.386 e. The van der Waals surface area contributed by atoms with Gasteiger partial charge in [0.05, 0.1) is 32.6 Å². The van der Waals surface area contributed by atoms with Crippen LogP contribution in [0.25, 0.3) is 11.1 Å². The van der Waals surface area contributed by atoms with Crippen molar-refractivity contribution in [1.82, 2.24) is 0 Å². The van der Waals surface area contributed by atoms with Crippen LogP contribution in [0.4, 0.5) is 30.7 Å². The summed E-state index contributed by atoms with van der Waals surface area (Å²) < 4.78 is 121. The first-order chi connectivity index (χ1) is 18.7. The Hall–Kier alpha value is -2.63. The molecule has 0 spiro atoms. The van der Waals surface area contributed by atoms with Crippen LogP contribution in [0.5, 0.6) is 5.75 Å². The second-order valence-corrected chi connectivity index (χ2v) is 9.60. The van der Waals surface area contributed by atoms with E-state index in [1.807, 2.05) is 12.2 Å². The van der Waals surface area contributed by atoms with E-state index < -0.39 is 70.9 Å². The van der Waals surface area contributed by atoms with E-state index in [9.17, 15) is 30.7 Å². The van der Waals surface area contributed by atoms with Crippen LogP contribution in [0.3, 0.4) is 0 Å². The third-order valence-corrected chi connectivity index (χ3v) is 7.05. The maximum absolute atomic E-state index is 14.9. The topological polar surface area (TPSA) is 36.9 Å². The first kappa shape index (κ1) is 29.4. The van der Waals surface area contributed by atoms with Crippen molar-refractivity contribution in [2.45, 2.75) is 50.6 Å². The molecule has 2 aliphatic rings. The molecular weight excluding hydrogens is 533 g/mol. The van der Waals surface area contributed by atoms with Gasteiger partial charge in [0, 0.05) is 17.0 Å². The van der Waals surface area contributed by atoms with Gasteiger partial charge in [-0.15, -0.1) is 0 Å². The van der Waals surface area contributed by atoms with Crippen LogP contribution < -0.4 is 4.74 Å². The van der Waals surface area contributed by atoms with Crippen molar-refractivity contribution < 1.29 is 49.7 Å². The van der Waals surface area contributed by atoms with Gasteiger partial charge in [-0.05, 0) is 56.2 Å². The van der Waals surface area contributed by atoms with Gasteiger partial charge in [-0.25, -0.2) is 13.2 Å². The molecule has 2 aromatic carbocycles. The number of hydrogen-bond acceptors (Lipinski definition) is 4. The molecule has 0 atom stereocenters. The lowest BCUT2D eigenvalue weighted by Gasteiger charge is -2.37. The summed E-state index contributed by atoms with van der Waals surface area (Å²) in [6.45, 7) is -0.875. The van der Waals surface area contributed by atoms with E-state index in [0.29, 0.717) is 18.4 Å². The lowest BCUT2D eigenvalue weighted by atomic mass is 9.81. The van der Waals surface area contributed by atoms with Gasteiger partial charge in [0.1, 0.15) is 6.10 Å². The number of benzene rings is 2. The van der Waals surface area contributed by atoms with Gasteiger partial charge in [-0.3, -0.25) is 4.39 Å². The van der Waals surface area contributed by atoms with E-state index in [1.165, 1.54) is 0 Å². The summed E-state index contributed by atoms with van der Waals surface area (Å²) in [6, 6.07) is 3.24. The summed E-state index contributed by atoms with van der Waals surface area (Å²) in [4.78, 5) is 0. The molecule has 4 rings (SSSR count). The molecule has 39 heavy (non-hydrogen) atoms. The van der Waals surface area contributed by atoms with Crippen molar-refractivity contribution in [3.05, 3.63) is 65.2 Å². The highest BCUT2D eigenvalue weighted by atomic mass is 19.3. The predicted octanol–water partition coefficient (Wildman–Crippen LogP) is 7.45. The zero-order valence-electron chi connectivity index (χ0n) is 21.2. The van der Waals surface area contributed by atoms with Crippen LogP contribution in [0.2, 0.25) is 0 Å². The fourth-order valence-corrected chi connectivity index (χ4v) is 4.95. The Morgan fingerprint density at radius 1 is 0.872 bits per heavy atom. The van der Waals surface area contributed by atoms with Crippen LogP contribution in [0.15, 0.2) is 36.4 Å². The average Bonchev–Trinajstić information content (AvgIpc) is 2.93. The van der Waals surface area contributed by atoms with Gasteiger partial charge in [0.2, 0.25) is 5.82 Å². The zero-order valence-corrected chi connectivity index (χ0v) is 21.2. The normalized spacial score (nSPS) is 24.3. The number of methoxy groups -OCH3 is 1. The zero-order chi connectivity index (χ0) is 28.2. The van der Waals surface area contributed by atoms with E-state index in [2.05, 4.69) is 4.74 Å². The molecule has 1 saturated heterocycles. The lowest BCUT2D eigenvalue weighted by molar-refractivity contribution is -0.326. The van der Waals surface area contributed by atoms with E-state index in [4.69, 9.17) is 14.2 Å². The Kier molecular flexibility index (Phi) is 9.56. The fourth-order valence-electron chi connectivity index (χ4n) is 4.95. The quantitative estimate of drug-likeness (QED) is 0.235. The molecule has 0 N–H and O–H groups in total. The van der Waals surface area contributed by atoms with E-state index in [0.717, 1.165) is 51.0 Å². The van der Waals surface area contributed by atoms with Crippen molar-refractivity contribution in [2.24, 2.45) is 11.8 Å². The van der Waals surface area contributed by atoms with Gasteiger partial charge < -0.3 is 18.9 Å². The third-order valence-electron chi connectivity index (χ3n) is 7.05. The van der Waals surface area contributed by atoms with Crippen molar-refractivity contribution >= 4 is 0 Å². The fraction of sp³-hybridized carbons (Fsp3) is 0.500. The highest BCUT2D eigenvalue weighted by molar-refractivity contribution is 5.66. The number of halogens is 7. The Morgan fingerprint density at radius 3 is 2.10 bits per heavy atom. The average molecular weight is 563 g/mol. The summed E-state index contributed by atoms with van der Waals surface area (Å²) >= 11 is 0. The number of ether oxygens (including phenoxy) is 4. The molecule has 2 fully saturated rings. The van der Waals surface area contributed by atoms with Gasteiger partial charge in [0.15, 0.2) is 29.5 Å². The highest BCUT2D eigenvalue weighted by Gasteiger charge is 2.42. The van der Waals surface area contributed by atoms with Crippen molar-refractivity contribution in [3.8, 4) is 16.9 Å². The van der Waals surface area contributed by atoms with Gasteiger partial charge in [-0.2, -0.15) is 13.2 Å². The minimum Gasteiger partial charge on any atom is -0.494 e. The summed E-state index contributed by atoms with van der Waals surface area (Å²) in [5.41, 5.74) is -2.81. The molecule has 1 heterocycles. The molecule has 0 radical (unpaired) electrons. The van der Waals surface area contributed by atoms with E-state index in [-0.39, 0.29) is 19.1 Å². The largest absolute Gasteiger partial charge is 0.494 e. The number of rotatable bonds is 9. The molecule has 214 valence electrons. The van der Waals surface area contributed by atoms with E-state index >= 15 is 0 Å². The molecule has 1 saturated carbocycles. The second kappa shape index (κ2) is 12.7. The Morgan fingerprint density at radius 2 is 1.49 bits per heavy atom. The molecule has 1 aliphatic heterocycles. The standard InChI is InChI=1S/C28H29F7O4/c1-36-22-12-10-20(24(31)26(22)33)19-9-11-21(25(32)23(19)30)28(34,35)39-18-14-37-27(38-15-18)17-7-5-16(6-8-17)4-2-3-13-29/h2,4,9-12,16-18,27H,3,5-8,13-15H2,1H3/b4-2+. The first-order valence-electron chi connectivity index (χ1n) is 12.7. The Bertz CT molecular complexity index is 1160. The van der Waals surface area contributed by atoms with Crippen LogP contribution in [0, 0.1) is 35.1 Å². The van der Waals surface area contributed by atoms with Crippen LogP contribution >= 0.6 is 0 Å². The minimum absolute atomic E-state index is 0.0690. The molecular formula is C28H29F7O4. The third kappa shape index (κ3) is 6.58. The van der Waals surface area contributed by atoms with Gasteiger partial charge >= 0.3 is 6.11 Å². The van der Waals surface area contributed by atoms with Crippen LogP contribution in [-0.4, -0.2) is 39.4 Å². The van der Waals surface area contributed by atoms with Crippen molar-refractivity contribution in [3.63, 3.8) is 0 Å². The Balaban J connectivity index is 1.37. The lowest BCUT2D eigenvalue weighted by Crippen LogP contribution is -2.44. The first-order valence-corrected chi connectivity index (χ1v) is 12.7. The molecule has 0 bridgehead atoms. The SMILES string of the molecule is COc1ccc(-c2ccc(C(F)(F)OC3COC(C4CCC(/C=C/CCF)CC4)OC3)c(F)c2F)c(F)c1F. The van der Waals surface area contributed by atoms with Crippen molar-refractivity contribution in [1.29, 1.82) is 0 Å². The second-order valence-electron chi connectivity index (χ2n) is 9.60. The highest BCUT2D eigenvalue weighted by Crippen LogP contribution is 2.39. The minimum atomic E-state index is -4.26. The van der Waals surface area contributed by atoms with Gasteiger partial charge in [-0.1, -0.05) is 18.2 Å². The van der Waals surface area contributed by atoms with Gasteiger partial charge in [0.25, 0.3) is 0 Å². The molecule has 11 heteroatoms. The number of hydrogen-bond donors (Lipinski definition) is 0. The summed E-state index contributed by atoms with van der Waals surface area (Å²) in [6.07, 6.45) is 1.48. The molecule has 0 aromatic heterocycles. The maximum atomic E-state index is 14.9. The Labute approximate surface area is 221 Å². The summed E-state index contributed by atoms with van der Waals surface area (Å²) in [5, 5.41) is 0. The monoisotopic (exact) mass is 562 g/mol.